The summed E-state index contributed by atoms with van der Waals surface area (Å²) in [5.74, 6) is -0.426. The predicted octanol–water partition coefficient (Wildman–Crippen LogP) is 3.98. The Kier molecular flexibility index (Phi) is 6.44. The van der Waals surface area contributed by atoms with Gasteiger partial charge >= 0.3 is 11.9 Å². The normalized spacial score (nSPS) is 33.6. The molecule has 9 heteroatoms. The van der Waals surface area contributed by atoms with Crippen molar-refractivity contribution in [2.24, 2.45) is 5.41 Å². The number of rotatable bonds is 6. The lowest BCUT2D eigenvalue weighted by Crippen LogP contribution is -2.80. The Morgan fingerprint density at radius 1 is 1.18 bits per heavy atom. The SMILES string of the molecule is CC[C@]12C=CCN3CC[C@@]4(c5ccc(OC)cc5N(C)[C@H]4C(O)(COC(=O)c4ccccc4Cl)[C@@H]1OC(C)=O)[C@@H]32. The number of fused-ring (bicyclic) bond motifs is 1. The van der Waals surface area contributed by atoms with Crippen molar-refractivity contribution in [3.63, 3.8) is 0 Å². The molecule has 3 aliphatic heterocycles. The molecule has 1 saturated heterocycles. The van der Waals surface area contributed by atoms with Crippen LogP contribution >= 0.6 is 11.6 Å². The van der Waals surface area contributed by atoms with Crippen molar-refractivity contribution in [3.8, 4) is 5.75 Å². The standard InChI is InChI=1S/C31H35ClN2O6/c1-5-29-13-8-15-34-16-14-30(26(29)34)22-12-11-20(38-4)17-24(22)33(3)27(30)31(37,28(29)40-19(2)35)18-39-25(36)21-9-6-7-10-23(21)32/h6-13,17,26-28,37H,5,14-16,18H2,1-4H3/t26-,27+,28+,29+,30+,31?/m0/s1. The fourth-order valence-electron chi connectivity index (χ4n) is 8.49. The van der Waals surface area contributed by atoms with Gasteiger partial charge in [-0.05, 0) is 43.1 Å². The highest BCUT2D eigenvalue weighted by molar-refractivity contribution is 6.33. The van der Waals surface area contributed by atoms with E-state index < -0.39 is 40.5 Å². The third-order valence-corrected chi connectivity index (χ3v) is 10.1. The second kappa shape index (κ2) is 9.50. The number of ether oxygens (including phenoxy) is 3. The third-order valence-electron chi connectivity index (χ3n) is 9.74. The molecular formula is C31H35ClN2O6. The summed E-state index contributed by atoms with van der Waals surface area (Å²) in [5.41, 5.74) is -0.704. The maximum absolute atomic E-state index is 13.3. The molecule has 0 aromatic heterocycles. The summed E-state index contributed by atoms with van der Waals surface area (Å²) in [4.78, 5) is 30.5. The maximum Gasteiger partial charge on any atom is 0.339 e. The summed E-state index contributed by atoms with van der Waals surface area (Å²) in [6.07, 6.45) is 4.68. The molecule has 4 aliphatic rings. The Morgan fingerprint density at radius 3 is 2.65 bits per heavy atom. The zero-order chi connectivity index (χ0) is 28.4. The molecule has 1 spiro atoms. The van der Waals surface area contributed by atoms with E-state index in [1.807, 2.05) is 19.2 Å². The summed E-state index contributed by atoms with van der Waals surface area (Å²) < 4.78 is 17.6. The number of likely N-dealkylation sites (N-methyl/N-ethyl adjacent to an activating group) is 1. The van der Waals surface area contributed by atoms with E-state index >= 15 is 0 Å². The van der Waals surface area contributed by atoms with Gasteiger partial charge in [-0.25, -0.2) is 4.79 Å². The highest BCUT2D eigenvalue weighted by Gasteiger charge is 2.78. The van der Waals surface area contributed by atoms with Gasteiger partial charge in [0.05, 0.1) is 23.7 Å². The molecule has 3 heterocycles. The second-order valence-corrected chi connectivity index (χ2v) is 11.9. The van der Waals surface area contributed by atoms with Gasteiger partial charge in [-0.3, -0.25) is 9.69 Å². The molecule has 212 valence electrons. The molecule has 1 unspecified atom stereocenters. The first-order valence-electron chi connectivity index (χ1n) is 13.8. The van der Waals surface area contributed by atoms with Gasteiger partial charge in [-0.1, -0.05) is 48.9 Å². The number of hydrogen-bond donors (Lipinski definition) is 1. The molecule has 1 saturated carbocycles. The van der Waals surface area contributed by atoms with Crippen LogP contribution in [0.1, 0.15) is 42.6 Å². The van der Waals surface area contributed by atoms with Crippen molar-refractivity contribution in [1.29, 1.82) is 0 Å². The van der Waals surface area contributed by atoms with E-state index in [4.69, 9.17) is 25.8 Å². The zero-order valence-electron chi connectivity index (χ0n) is 23.2. The molecule has 0 radical (unpaired) electrons. The van der Waals surface area contributed by atoms with Crippen LogP contribution in [0.25, 0.3) is 0 Å². The Morgan fingerprint density at radius 2 is 1.95 bits per heavy atom. The van der Waals surface area contributed by atoms with E-state index in [1.54, 1.807) is 31.4 Å². The summed E-state index contributed by atoms with van der Waals surface area (Å²) in [7, 11) is 3.58. The summed E-state index contributed by atoms with van der Waals surface area (Å²) >= 11 is 6.29. The number of esters is 2. The largest absolute Gasteiger partial charge is 0.497 e. The lowest BCUT2D eigenvalue weighted by Gasteiger charge is -2.64. The van der Waals surface area contributed by atoms with Gasteiger partial charge in [-0.2, -0.15) is 0 Å². The van der Waals surface area contributed by atoms with Crippen LogP contribution in [0.4, 0.5) is 5.69 Å². The monoisotopic (exact) mass is 566 g/mol. The average molecular weight is 567 g/mol. The van der Waals surface area contributed by atoms with Crippen LogP contribution in [0, 0.1) is 5.41 Å². The number of nitrogens with zero attached hydrogens (tertiary/aromatic N) is 2. The van der Waals surface area contributed by atoms with Crippen molar-refractivity contribution in [2.75, 3.05) is 38.8 Å². The molecule has 6 rings (SSSR count). The molecule has 1 aliphatic carbocycles. The van der Waals surface area contributed by atoms with E-state index in [-0.39, 0.29) is 23.2 Å². The zero-order valence-corrected chi connectivity index (χ0v) is 24.0. The van der Waals surface area contributed by atoms with Crippen molar-refractivity contribution in [2.45, 2.75) is 55.9 Å². The molecule has 2 aromatic carbocycles. The Balaban J connectivity index is 1.55. The minimum absolute atomic E-state index is 0.0408. The van der Waals surface area contributed by atoms with Gasteiger partial charge < -0.3 is 24.2 Å². The molecule has 1 N–H and O–H groups in total. The molecule has 6 atom stereocenters. The first-order valence-corrected chi connectivity index (χ1v) is 14.2. The molecule has 2 aromatic rings. The lowest BCUT2D eigenvalue weighted by molar-refractivity contribution is -0.228. The highest BCUT2D eigenvalue weighted by Crippen LogP contribution is 2.67. The van der Waals surface area contributed by atoms with Crippen molar-refractivity contribution in [1.82, 2.24) is 4.90 Å². The topological polar surface area (TPSA) is 88.5 Å². The first-order chi connectivity index (χ1) is 19.1. The van der Waals surface area contributed by atoms with Gasteiger partial charge in [0, 0.05) is 49.1 Å². The van der Waals surface area contributed by atoms with E-state index in [0.29, 0.717) is 12.2 Å². The predicted molar refractivity (Wildman–Crippen MR) is 151 cm³/mol. The number of carbonyl (C=O) groups excluding carboxylic acids is 2. The molecule has 0 bridgehead atoms. The number of hydrogen-bond acceptors (Lipinski definition) is 8. The van der Waals surface area contributed by atoms with Gasteiger partial charge in [-0.15, -0.1) is 0 Å². The quantitative estimate of drug-likeness (QED) is 0.415. The fourth-order valence-corrected chi connectivity index (χ4v) is 8.71. The minimum atomic E-state index is -1.76. The maximum atomic E-state index is 13.3. The Bertz CT molecular complexity index is 1400. The summed E-state index contributed by atoms with van der Waals surface area (Å²) in [6.45, 7) is 4.66. The minimum Gasteiger partial charge on any atom is -0.497 e. The number of halogens is 1. The number of anilines is 1. The van der Waals surface area contributed by atoms with E-state index in [0.717, 1.165) is 30.8 Å². The van der Waals surface area contributed by atoms with Crippen molar-refractivity contribution in [3.05, 3.63) is 70.8 Å². The third kappa shape index (κ3) is 3.52. The molecule has 0 amide bonds. The van der Waals surface area contributed by atoms with Gasteiger partial charge in [0.25, 0.3) is 0 Å². The second-order valence-electron chi connectivity index (χ2n) is 11.5. The van der Waals surface area contributed by atoms with Gasteiger partial charge in [0.2, 0.25) is 0 Å². The smallest absolute Gasteiger partial charge is 0.339 e. The summed E-state index contributed by atoms with van der Waals surface area (Å²) in [6, 6.07) is 12.1. The summed E-state index contributed by atoms with van der Waals surface area (Å²) in [5, 5.41) is 13.3. The van der Waals surface area contributed by atoms with Crippen LogP contribution in [0.15, 0.2) is 54.6 Å². The van der Waals surface area contributed by atoms with Gasteiger partial charge in [0.15, 0.2) is 5.60 Å². The Hall–Kier alpha value is -3.07. The van der Waals surface area contributed by atoms with Crippen molar-refractivity contribution < 1.29 is 28.9 Å². The molecule has 8 nitrogen and oxygen atoms in total. The number of carbonyl (C=O) groups is 2. The van der Waals surface area contributed by atoms with Crippen LogP contribution in [0.3, 0.4) is 0 Å². The number of benzene rings is 2. The number of methoxy groups -OCH3 is 1. The molecule has 40 heavy (non-hydrogen) atoms. The van der Waals surface area contributed by atoms with Crippen LogP contribution in [-0.2, 0) is 19.7 Å². The van der Waals surface area contributed by atoms with Crippen LogP contribution < -0.4 is 9.64 Å². The van der Waals surface area contributed by atoms with E-state index in [1.165, 1.54) is 6.92 Å². The van der Waals surface area contributed by atoms with Crippen LogP contribution in [0.2, 0.25) is 5.02 Å². The average Bonchev–Trinajstić information content (AvgIpc) is 3.46. The molecule has 2 fully saturated rings. The number of aliphatic hydroxyl groups is 1. The van der Waals surface area contributed by atoms with E-state index in [9.17, 15) is 14.7 Å². The van der Waals surface area contributed by atoms with Crippen molar-refractivity contribution >= 4 is 29.2 Å². The molecular weight excluding hydrogens is 532 g/mol. The fraction of sp³-hybridized carbons (Fsp3) is 0.484. The Labute approximate surface area is 239 Å². The first kappa shape index (κ1) is 27.1. The van der Waals surface area contributed by atoms with Gasteiger partial charge in [0.1, 0.15) is 18.5 Å². The highest BCUT2D eigenvalue weighted by atomic mass is 35.5. The van der Waals surface area contributed by atoms with Crippen LogP contribution in [0.5, 0.6) is 5.75 Å². The van der Waals surface area contributed by atoms with Crippen LogP contribution in [-0.4, -0.2) is 79.6 Å². The van der Waals surface area contributed by atoms with E-state index in [2.05, 4.69) is 34.9 Å². The lowest BCUT2D eigenvalue weighted by atomic mass is 9.48.